The summed E-state index contributed by atoms with van der Waals surface area (Å²) in [5, 5.41) is 0. The SMILES string of the molecule is CC1(C)CC(CN)(N2CCc3ccccc3C2)C(C)(C)O1. The molecule has 1 atom stereocenters. The van der Waals surface area contributed by atoms with Crippen molar-refractivity contribution in [3.05, 3.63) is 35.4 Å². The van der Waals surface area contributed by atoms with Gasteiger partial charge in [0.1, 0.15) is 0 Å². The van der Waals surface area contributed by atoms with Gasteiger partial charge in [0, 0.05) is 19.6 Å². The van der Waals surface area contributed by atoms with Gasteiger partial charge in [0.05, 0.1) is 16.7 Å². The van der Waals surface area contributed by atoms with Crippen LogP contribution in [0, 0.1) is 0 Å². The molecule has 1 saturated heterocycles. The maximum atomic E-state index is 6.36. The fourth-order valence-corrected chi connectivity index (χ4v) is 4.54. The molecule has 21 heavy (non-hydrogen) atoms. The van der Waals surface area contributed by atoms with Gasteiger partial charge in [-0.2, -0.15) is 0 Å². The fourth-order valence-electron chi connectivity index (χ4n) is 4.54. The second kappa shape index (κ2) is 4.80. The number of nitrogens with two attached hydrogens (primary N) is 1. The number of fused-ring (bicyclic) bond motifs is 1. The Morgan fingerprint density at radius 3 is 2.38 bits per heavy atom. The summed E-state index contributed by atoms with van der Waals surface area (Å²) < 4.78 is 6.36. The third-order valence-electron chi connectivity index (χ3n) is 5.44. The van der Waals surface area contributed by atoms with E-state index in [1.807, 2.05) is 0 Å². The monoisotopic (exact) mass is 288 g/mol. The number of nitrogens with zero attached hydrogens (tertiary/aromatic N) is 1. The lowest BCUT2D eigenvalue weighted by Crippen LogP contribution is -2.64. The lowest BCUT2D eigenvalue weighted by Gasteiger charge is -2.49. The zero-order valence-electron chi connectivity index (χ0n) is 13.8. The van der Waals surface area contributed by atoms with Crippen LogP contribution in [0.1, 0.15) is 45.2 Å². The van der Waals surface area contributed by atoms with Crippen molar-refractivity contribution in [2.24, 2.45) is 5.73 Å². The fraction of sp³-hybridized carbons (Fsp3) is 0.667. The van der Waals surface area contributed by atoms with Gasteiger partial charge < -0.3 is 10.5 Å². The van der Waals surface area contributed by atoms with Crippen molar-refractivity contribution in [2.45, 2.75) is 63.8 Å². The summed E-state index contributed by atoms with van der Waals surface area (Å²) in [5.74, 6) is 0. The van der Waals surface area contributed by atoms with Gasteiger partial charge in [-0.05, 0) is 51.7 Å². The summed E-state index contributed by atoms with van der Waals surface area (Å²) in [6, 6.07) is 8.78. The molecule has 0 radical (unpaired) electrons. The average molecular weight is 288 g/mol. The van der Waals surface area contributed by atoms with Gasteiger partial charge in [-0.1, -0.05) is 24.3 Å². The number of hydrogen-bond acceptors (Lipinski definition) is 3. The van der Waals surface area contributed by atoms with Gasteiger partial charge in [-0.3, -0.25) is 4.90 Å². The Morgan fingerprint density at radius 2 is 1.81 bits per heavy atom. The van der Waals surface area contributed by atoms with E-state index in [2.05, 4.69) is 56.9 Å². The van der Waals surface area contributed by atoms with Crippen LogP contribution >= 0.6 is 0 Å². The number of rotatable bonds is 2. The van der Waals surface area contributed by atoms with Crippen molar-refractivity contribution in [3.8, 4) is 0 Å². The first-order valence-corrected chi connectivity index (χ1v) is 8.02. The minimum Gasteiger partial charge on any atom is -0.368 e. The van der Waals surface area contributed by atoms with E-state index in [1.165, 1.54) is 11.1 Å². The molecule has 1 aromatic rings. The summed E-state index contributed by atoms with van der Waals surface area (Å²) in [6.07, 6.45) is 2.10. The second-order valence-electron chi connectivity index (χ2n) is 7.72. The van der Waals surface area contributed by atoms with Gasteiger partial charge in [0.15, 0.2) is 0 Å². The highest BCUT2D eigenvalue weighted by molar-refractivity contribution is 5.30. The van der Waals surface area contributed by atoms with Crippen molar-refractivity contribution in [3.63, 3.8) is 0 Å². The lowest BCUT2D eigenvalue weighted by molar-refractivity contribution is -0.106. The quantitative estimate of drug-likeness (QED) is 0.909. The highest BCUT2D eigenvalue weighted by Crippen LogP contribution is 2.49. The van der Waals surface area contributed by atoms with Crippen LogP contribution in [0.2, 0.25) is 0 Å². The van der Waals surface area contributed by atoms with Crippen molar-refractivity contribution in [1.29, 1.82) is 0 Å². The highest BCUT2D eigenvalue weighted by atomic mass is 16.5. The first kappa shape index (κ1) is 15.0. The Balaban J connectivity index is 1.95. The Morgan fingerprint density at radius 1 is 1.14 bits per heavy atom. The third-order valence-corrected chi connectivity index (χ3v) is 5.44. The lowest BCUT2D eigenvalue weighted by atomic mass is 9.76. The van der Waals surface area contributed by atoms with Gasteiger partial charge in [-0.25, -0.2) is 0 Å². The zero-order valence-corrected chi connectivity index (χ0v) is 13.8. The molecule has 1 unspecified atom stereocenters. The first-order chi connectivity index (χ1) is 9.80. The summed E-state index contributed by atoms with van der Waals surface area (Å²) in [5.41, 5.74) is 8.80. The topological polar surface area (TPSA) is 38.5 Å². The molecule has 1 aromatic carbocycles. The standard InChI is InChI=1S/C18H28N2O/c1-16(2)12-18(13-19,17(3,4)21-16)20-10-9-14-7-5-6-8-15(14)11-20/h5-8H,9-13,19H2,1-4H3. The van der Waals surface area contributed by atoms with Gasteiger partial charge >= 0.3 is 0 Å². The van der Waals surface area contributed by atoms with Crippen LogP contribution in [-0.4, -0.2) is 34.7 Å². The van der Waals surface area contributed by atoms with E-state index in [1.54, 1.807) is 0 Å². The predicted octanol–water partition coefficient (Wildman–Crippen LogP) is 2.72. The van der Waals surface area contributed by atoms with Crippen LogP contribution < -0.4 is 5.73 Å². The van der Waals surface area contributed by atoms with E-state index in [4.69, 9.17) is 10.5 Å². The van der Waals surface area contributed by atoms with Gasteiger partial charge in [0.2, 0.25) is 0 Å². The molecule has 0 amide bonds. The molecule has 2 aliphatic heterocycles. The molecular formula is C18H28N2O. The molecule has 3 nitrogen and oxygen atoms in total. The van der Waals surface area contributed by atoms with Crippen molar-refractivity contribution < 1.29 is 4.74 Å². The van der Waals surface area contributed by atoms with Gasteiger partial charge in [-0.15, -0.1) is 0 Å². The van der Waals surface area contributed by atoms with Crippen LogP contribution in [-0.2, 0) is 17.7 Å². The molecule has 1 fully saturated rings. The van der Waals surface area contributed by atoms with E-state index < -0.39 is 0 Å². The van der Waals surface area contributed by atoms with Crippen LogP contribution in [0.3, 0.4) is 0 Å². The van der Waals surface area contributed by atoms with Gasteiger partial charge in [0.25, 0.3) is 0 Å². The van der Waals surface area contributed by atoms with Crippen molar-refractivity contribution in [1.82, 2.24) is 4.90 Å². The molecule has 3 heteroatoms. The molecule has 0 aliphatic carbocycles. The molecular weight excluding hydrogens is 260 g/mol. The summed E-state index contributed by atoms with van der Waals surface area (Å²) in [6.45, 7) is 11.5. The Labute approximate surface area is 128 Å². The van der Waals surface area contributed by atoms with E-state index in [9.17, 15) is 0 Å². The average Bonchev–Trinajstić information content (AvgIpc) is 2.63. The van der Waals surface area contributed by atoms with Crippen molar-refractivity contribution >= 4 is 0 Å². The largest absolute Gasteiger partial charge is 0.368 e. The molecule has 2 heterocycles. The van der Waals surface area contributed by atoms with Crippen molar-refractivity contribution in [2.75, 3.05) is 13.1 Å². The number of benzene rings is 1. The van der Waals surface area contributed by atoms with Crippen LogP contribution in [0.15, 0.2) is 24.3 Å². The summed E-state index contributed by atoms with van der Waals surface area (Å²) in [7, 11) is 0. The highest BCUT2D eigenvalue weighted by Gasteiger charge is 2.59. The minimum absolute atomic E-state index is 0.0793. The first-order valence-electron chi connectivity index (χ1n) is 8.02. The van der Waals surface area contributed by atoms with E-state index >= 15 is 0 Å². The maximum Gasteiger partial charge on any atom is 0.0830 e. The Bertz CT molecular complexity index is 538. The van der Waals surface area contributed by atoms with E-state index in [-0.39, 0.29) is 16.7 Å². The van der Waals surface area contributed by atoms with E-state index in [0.717, 1.165) is 25.9 Å². The third kappa shape index (κ3) is 2.32. The molecule has 2 aliphatic rings. The molecule has 0 spiro atoms. The van der Waals surface area contributed by atoms with Crippen LogP contribution in [0.5, 0.6) is 0 Å². The zero-order chi connectivity index (χ0) is 15.3. The molecule has 0 saturated carbocycles. The van der Waals surface area contributed by atoms with Crippen LogP contribution in [0.25, 0.3) is 0 Å². The molecule has 116 valence electrons. The minimum atomic E-state index is -0.225. The molecule has 3 rings (SSSR count). The second-order valence-corrected chi connectivity index (χ2v) is 7.72. The summed E-state index contributed by atoms with van der Waals surface area (Å²) >= 11 is 0. The number of ether oxygens (including phenoxy) is 1. The normalized spacial score (nSPS) is 31.1. The smallest absolute Gasteiger partial charge is 0.0830 e. The molecule has 0 aromatic heterocycles. The maximum absolute atomic E-state index is 6.36. The van der Waals surface area contributed by atoms with E-state index in [0.29, 0.717) is 6.54 Å². The Hall–Kier alpha value is -0.900. The Kier molecular flexibility index (Phi) is 3.43. The van der Waals surface area contributed by atoms with Crippen LogP contribution in [0.4, 0.5) is 0 Å². The number of hydrogen-bond donors (Lipinski definition) is 1. The summed E-state index contributed by atoms with van der Waals surface area (Å²) in [4.78, 5) is 2.57. The molecule has 2 N–H and O–H groups in total. The predicted molar refractivity (Wildman–Crippen MR) is 86.2 cm³/mol. The molecule has 0 bridgehead atoms.